The van der Waals surface area contributed by atoms with Gasteiger partial charge in [0, 0.05) is 10.3 Å². The molecule has 0 radical (unpaired) electrons. The third-order valence-electron chi connectivity index (χ3n) is 5.03. The van der Waals surface area contributed by atoms with Gasteiger partial charge in [-0.15, -0.1) is 11.3 Å². The molecule has 6 heteroatoms. The van der Waals surface area contributed by atoms with E-state index in [2.05, 4.69) is 53.4 Å². The van der Waals surface area contributed by atoms with Crippen LogP contribution in [0.3, 0.4) is 0 Å². The highest BCUT2D eigenvalue weighted by atomic mass is 32.2. The quantitative estimate of drug-likeness (QED) is 0.477. The summed E-state index contributed by atoms with van der Waals surface area (Å²) in [6.07, 6.45) is 5.96. The number of aromatic nitrogens is 2. The van der Waals surface area contributed by atoms with Gasteiger partial charge in [0.05, 0.1) is 11.8 Å². The van der Waals surface area contributed by atoms with Crippen LogP contribution in [0.25, 0.3) is 10.2 Å². The molecule has 1 atom stereocenters. The Kier molecular flexibility index (Phi) is 5.45. The molecule has 4 rings (SSSR count). The van der Waals surface area contributed by atoms with Gasteiger partial charge in [0.15, 0.2) is 0 Å². The van der Waals surface area contributed by atoms with Crippen LogP contribution in [0.15, 0.2) is 35.6 Å². The second-order valence-corrected chi connectivity index (χ2v) is 8.99. The lowest BCUT2D eigenvalue weighted by molar-refractivity contribution is -0.119. The van der Waals surface area contributed by atoms with Crippen molar-refractivity contribution in [2.45, 2.75) is 50.6 Å². The summed E-state index contributed by atoms with van der Waals surface area (Å²) in [5.74, 6) is 0.421. The average Bonchev–Trinajstić information content (AvgIpc) is 3.26. The molecule has 1 N–H and O–H groups in total. The minimum atomic E-state index is 0.0473. The molecule has 27 heavy (non-hydrogen) atoms. The lowest BCUT2D eigenvalue weighted by Gasteiger charge is -2.17. The van der Waals surface area contributed by atoms with Gasteiger partial charge in [-0.05, 0) is 43.7 Å². The normalized spacial score (nSPS) is 14.3. The van der Waals surface area contributed by atoms with E-state index >= 15 is 0 Å². The molecule has 0 bridgehead atoms. The van der Waals surface area contributed by atoms with Gasteiger partial charge in [-0.3, -0.25) is 4.79 Å². The van der Waals surface area contributed by atoms with Crippen molar-refractivity contribution in [3.63, 3.8) is 0 Å². The van der Waals surface area contributed by atoms with E-state index in [1.165, 1.54) is 39.6 Å². The molecule has 1 aliphatic carbocycles. The van der Waals surface area contributed by atoms with Gasteiger partial charge in [-0.25, -0.2) is 9.97 Å². The van der Waals surface area contributed by atoms with Gasteiger partial charge in [0.2, 0.25) is 5.91 Å². The van der Waals surface area contributed by atoms with E-state index in [1.807, 2.05) is 0 Å². The van der Waals surface area contributed by atoms with Crippen LogP contribution < -0.4 is 5.32 Å². The van der Waals surface area contributed by atoms with Gasteiger partial charge in [0.1, 0.15) is 16.2 Å². The van der Waals surface area contributed by atoms with Crippen molar-refractivity contribution in [2.75, 3.05) is 5.75 Å². The molecule has 0 spiro atoms. The molecule has 140 valence electrons. The second-order valence-electron chi connectivity index (χ2n) is 6.94. The smallest absolute Gasteiger partial charge is 0.230 e. The summed E-state index contributed by atoms with van der Waals surface area (Å²) in [4.78, 5) is 24.0. The molecule has 0 saturated heterocycles. The van der Waals surface area contributed by atoms with Crippen molar-refractivity contribution in [3.8, 4) is 0 Å². The summed E-state index contributed by atoms with van der Waals surface area (Å²) < 4.78 is 0. The molecular weight excluding hydrogens is 374 g/mol. The Morgan fingerprint density at radius 3 is 2.85 bits per heavy atom. The molecule has 4 nitrogen and oxygen atoms in total. The number of carbonyl (C=O) groups is 1. The van der Waals surface area contributed by atoms with Crippen LogP contribution in [-0.2, 0) is 17.6 Å². The van der Waals surface area contributed by atoms with E-state index < -0.39 is 0 Å². The van der Waals surface area contributed by atoms with Gasteiger partial charge < -0.3 is 5.32 Å². The third-order valence-corrected chi connectivity index (χ3v) is 7.22. The van der Waals surface area contributed by atoms with Crippen molar-refractivity contribution in [1.29, 1.82) is 0 Å². The van der Waals surface area contributed by atoms with Crippen LogP contribution in [-0.4, -0.2) is 21.6 Å². The van der Waals surface area contributed by atoms with Crippen molar-refractivity contribution in [2.24, 2.45) is 0 Å². The first kappa shape index (κ1) is 18.4. The molecule has 0 unspecified atom stereocenters. The standard InChI is InChI=1S/C21H23N3OS2/c1-3-16(14-9-7-13(2)8-10-14)24-18(25)11-26-20-19-15-5-4-6-17(15)27-21(19)23-12-22-20/h7-10,12,16H,3-6,11H2,1-2H3,(H,24,25)/t16-/m1/s1. The zero-order valence-electron chi connectivity index (χ0n) is 15.6. The predicted octanol–water partition coefficient (Wildman–Crippen LogP) is 4.85. The Labute approximate surface area is 167 Å². The summed E-state index contributed by atoms with van der Waals surface area (Å²) in [6.45, 7) is 4.17. The predicted molar refractivity (Wildman–Crippen MR) is 113 cm³/mol. The third kappa shape index (κ3) is 3.87. The van der Waals surface area contributed by atoms with Crippen LogP contribution in [0.2, 0.25) is 0 Å². The minimum absolute atomic E-state index is 0.0473. The van der Waals surface area contributed by atoms with Crippen LogP contribution in [0.1, 0.15) is 47.4 Å². The molecule has 0 saturated carbocycles. The Morgan fingerprint density at radius 2 is 2.07 bits per heavy atom. The van der Waals surface area contributed by atoms with Gasteiger partial charge in [-0.2, -0.15) is 0 Å². The zero-order valence-corrected chi connectivity index (χ0v) is 17.3. The van der Waals surface area contributed by atoms with Crippen molar-refractivity contribution < 1.29 is 4.79 Å². The first-order valence-corrected chi connectivity index (χ1v) is 11.2. The molecule has 0 aliphatic heterocycles. The van der Waals surface area contributed by atoms with Crippen LogP contribution >= 0.6 is 23.1 Å². The minimum Gasteiger partial charge on any atom is -0.349 e. The van der Waals surface area contributed by atoms with Gasteiger partial charge >= 0.3 is 0 Å². The average molecular weight is 398 g/mol. The first-order chi connectivity index (χ1) is 13.2. The van der Waals surface area contributed by atoms with Crippen LogP contribution in [0, 0.1) is 6.92 Å². The van der Waals surface area contributed by atoms with Crippen LogP contribution in [0.4, 0.5) is 0 Å². The largest absolute Gasteiger partial charge is 0.349 e. The van der Waals surface area contributed by atoms with Crippen LogP contribution in [0.5, 0.6) is 0 Å². The summed E-state index contributed by atoms with van der Waals surface area (Å²) >= 11 is 3.30. The lowest BCUT2D eigenvalue weighted by Crippen LogP contribution is -2.29. The fraction of sp³-hybridized carbons (Fsp3) is 0.381. The number of thioether (sulfide) groups is 1. The maximum atomic E-state index is 12.6. The van der Waals surface area contributed by atoms with Gasteiger partial charge in [0.25, 0.3) is 0 Å². The molecule has 1 amide bonds. The Morgan fingerprint density at radius 1 is 1.26 bits per heavy atom. The molecule has 2 aromatic heterocycles. The number of carbonyl (C=O) groups excluding carboxylic acids is 1. The van der Waals surface area contributed by atoms with Gasteiger partial charge in [-0.1, -0.05) is 48.5 Å². The maximum absolute atomic E-state index is 12.6. The summed E-state index contributed by atoms with van der Waals surface area (Å²) in [5.41, 5.74) is 3.79. The Hall–Kier alpha value is -1.92. The molecule has 2 heterocycles. The van der Waals surface area contributed by atoms with Crippen molar-refractivity contribution >= 4 is 39.2 Å². The highest BCUT2D eigenvalue weighted by Crippen LogP contribution is 2.39. The zero-order chi connectivity index (χ0) is 18.8. The number of nitrogens with one attached hydrogen (secondary N) is 1. The molecule has 1 aromatic carbocycles. The number of hydrogen-bond donors (Lipinski definition) is 1. The van der Waals surface area contributed by atoms with E-state index in [4.69, 9.17) is 0 Å². The van der Waals surface area contributed by atoms with E-state index in [0.717, 1.165) is 34.7 Å². The highest BCUT2D eigenvalue weighted by molar-refractivity contribution is 8.00. The second kappa shape index (κ2) is 7.98. The number of fused-ring (bicyclic) bond motifs is 3. The Bertz CT molecular complexity index is 965. The van der Waals surface area contributed by atoms with Crippen molar-refractivity contribution in [1.82, 2.24) is 15.3 Å². The molecule has 3 aromatic rings. The molecule has 1 aliphatic rings. The molecular formula is C21H23N3OS2. The van der Waals surface area contributed by atoms with Crippen molar-refractivity contribution in [3.05, 3.63) is 52.2 Å². The number of benzene rings is 1. The highest BCUT2D eigenvalue weighted by Gasteiger charge is 2.22. The first-order valence-electron chi connectivity index (χ1n) is 9.39. The number of nitrogens with zero attached hydrogens (tertiary/aromatic N) is 2. The summed E-state index contributed by atoms with van der Waals surface area (Å²) in [7, 11) is 0. The number of hydrogen-bond acceptors (Lipinski definition) is 5. The Balaban J connectivity index is 1.45. The lowest BCUT2D eigenvalue weighted by atomic mass is 10.0. The SMILES string of the molecule is CC[C@@H](NC(=O)CSc1ncnc2sc3c(c12)CCC3)c1ccc(C)cc1. The number of thiophene rings is 1. The van der Waals surface area contributed by atoms with E-state index in [-0.39, 0.29) is 11.9 Å². The summed E-state index contributed by atoms with van der Waals surface area (Å²) in [5, 5.41) is 5.29. The monoisotopic (exact) mass is 397 g/mol. The fourth-order valence-corrected chi connectivity index (χ4v) is 5.73. The number of aryl methyl sites for hydroxylation is 3. The van der Waals surface area contributed by atoms with E-state index in [0.29, 0.717) is 5.75 Å². The maximum Gasteiger partial charge on any atom is 0.230 e. The number of amides is 1. The van der Waals surface area contributed by atoms with E-state index in [1.54, 1.807) is 17.7 Å². The topological polar surface area (TPSA) is 54.9 Å². The fourth-order valence-electron chi connectivity index (χ4n) is 3.60. The number of rotatable bonds is 6. The van der Waals surface area contributed by atoms with E-state index in [9.17, 15) is 4.79 Å². The molecule has 0 fully saturated rings. The summed E-state index contributed by atoms with van der Waals surface area (Å²) in [6, 6.07) is 8.43.